The van der Waals surface area contributed by atoms with Crippen LogP contribution in [0.4, 0.5) is 11.4 Å². The van der Waals surface area contributed by atoms with Crippen LogP contribution in [0.3, 0.4) is 0 Å². The molecule has 0 aliphatic carbocycles. The first kappa shape index (κ1) is 20.3. The predicted octanol–water partition coefficient (Wildman–Crippen LogP) is 4.22. The summed E-state index contributed by atoms with van der Waals surface area (Å²) in [5.74, 6) is 1.49. The van der Waals surface area contributed by atoms with Crippen molar-refractivity contribution < 1.29 is 9.47 Å². The van der Waals surface area contributed by atoms with Crippen LogP contribution in [0.25, 0.3) is 0 Å². The van der Waals surface area contributed by atoms with E-state index in [0.29, 0.717) is 5.11 Å². The normalized spacial score (nSPS) is 13.7. The quantitative estimate of drug-likeness (QED) is 0.680. The molecule has 0 amide bonds. The fourth-order valence-corrected chi connectivity index (χ4v) is 3.72. The Morgan fingerprint density at radius 2 is 1.75 bits per heavy atom. The van der Waals surface area contributed by atoms with E-state index in [0.717, 1.165) is 43.2 Å². The van der Waals surface area contributed by atoms with Crippen LogP contribution < -0.4 is 25.0 Å². The summed E-state index contributed by atoms with van der Waals surface area (Å²) in [6.07, 6.45) is 4.67. The summed E-state index contributed by atoms with van der Waals surface area (Å²) >= 11 is 5.52. The molecular formula is C22H29N3O2S. The highest BCUT2D eigenvalue weighted by Crippen LogP contribution is 2.29. The average molecular weight is 400 g/mol. The molecule has 5 nitrogen and oxygen atoms in total. The molecule has 0 bridgehead atoms. The zero-order valence-electron chi connectivity index (χ0n) is 16.7. The predicted molar refractivity (Wildman–Crippen MR) is 120 cm³/mol. The topological polar surface area (TPSA) is 45.8 Å². The second-order valence-corrected chi connectivity index (χ2v) is 7.29. The van der Waals surface area contributed by atoms with E-state index < -0.39 is 0 Å². The minimum atomic E-state index is 0.643. The summed E-state index contributed by atoms with van der Waals surface area (Å²) < 4.78 is 10.7. The highest BCUT2D eigenvalue weighted by Gasteiger charge is 2.14. The Morgan fingerprint density at radius 1 is 1.00 bits per heavy atom. The Labute approximate surface area is 173 Å². The molecule has 0 aromatic heterocycles. The number of benzene rings is 2. The van der Waals surface area contributed by atoms with Crippen molar-refractivity contribution >= 4 is 28.7 Å². The maximum absolute atomic E-state index is 5.52. The lowest BCUT2D eigenvalue weighted by molar-refractivity contribution is 0.354. The number of methoxy groups -OCH3 is 2. The molecule has 6 heteroatoms. The van der Waals surface area contributed by atoms with Crippen molar-refractivity contribution in [3.05, 3.63) is 48.0 Å². The summed E-state index contributed by atoms with van der Waals surface area (Å²) in [5.41, 5.74) is 3.46. The SMILES string of the molecule is COc1ccc(CCNC(=S)Nc2ccccc2N2CCCCC2)cc1OC. The zero-order chi connectivity index (χ0) is 19.8. The molecule has 1 heterocycles. The fourth-order valence-electron chi connectivity index (χ4n) is 3.51. The minimum Gasteiger partial charge on any atom is -0.493 e. The Kier molecular flexibility index (Phi) is 7.37. The number of nitrogens with zero attached hydrogens (tertiary/aromatic N) is 1. The summed E-state index contributed by atoms with van der Waals surface area (Å²) in [6, 6.07) is 14.4. The van der Waals surface area contributed by atoms with E-state index in [9.17, 15) is 0 Å². The van der Waals surface area contributed by atoms with E-state index in [1.807, 2.05) is 24.3 Å². The average Bonchev–Trinajstić information content (AvgIpc) is 2.74. The van der Waals surface area contributed by atoms with Gasteiger partial charge in [-0.1, -0.05) is 18.2 Å². The zero-order valence-corrected chi connectivity index (χ0v) is 17.5. The van der Waals surface area contributed by atoms with Gasteiger partial charge in [0.1, 0.15) is 0 Å². The van der Waals surface area contributed by atoms with Gasteiger partial charge in [0.25, 0.3) is 0 Å². The first-order chi connectivity index (χ1) is 13.7. The smallest absolute Gasteiger partial charge is 0.170 e. The summed E-state index contributed by atoms with van der Waals surface area (Å²) in [5, 5.41) is 7.32. The Bertz CT molecular complexity index is 791. The molecule has 0 radical (unpaired) electrons. The number of anilines is 2. The number of nitrogens with one attached hydrogen (secondary N) is 2. The van der Waals surface area contributed by atoms with Gasteiger partial charge >= 0.3 is 0 Å². The van der Waals surface area contributed by atoms with Gasteiger partial charge in [-0.2, -0.15) is 0 Å². The molecule has 1 saturated heterocycles. The Morgan fingerprint density at radius 3 is 2.50 bits per heavy atom. The first-order valence-electron chi connectivity index (χ1n) is 9.81. The number of hydrogen-bond acceptors (Lipinski definition) is 4. The molecule has 150 valence electrons. The molecular weight excluding hydrogens is 370 g/mol. The van der Waals surface area contributed by atoms with Gasteiger partial charge in [-0.3, -0.25) is 0 Å². The highest BCUT2D eigenvalue weighted by molar-refractivity contribution is 7.80. The van der Waals surface area contributed by atoms with Gasteiger partial charge in [0.2, 0.25) is 0 Å². The lowest BCUT2D eigenvalue weighted by Crippen LogP contribution is -2.33. The molecule has 0 atom stereocenters. The molecule has 0 unspecified atom stereocenters. The Hall–Kier alpha value is -2.47. The second kappa shape index (κ2) is 10.2. The minimum absolute atomic E-state index is 0.643. The van der Waals surface area contributed by atoms with Crippen molar-refractivity contribution in [2.45, 2.75) is 25.7 Å². The second-order valence-electron chi connectivity index (χ2n) is 6.89. The van der Waals surface area contributed by atoms with Gasteiger partial charge in [0, 0.05) is 19.6 Å². The van der Waals surface area contributed by atoms with Gasteiger partial charge in [0.05, 0.1) is 25.6 Å². The van der Waals surface area contributed by atoms with Crippen molar-refractivity contribution in [1.82, 2.24) is 5.32 Å². The van der Waals surface area contributed by atoms with Crippen LogP contribution in [0.15, 0.2) is 42.5 Å². The van der Waals surface area contributed by atoms with Crippen LogP contribution in [0, 0.1) is 0 Å². The highest BCUT2D eigenvalue weighted by atomic mass is 32.1. The van der Waals surface area contributed by atoms with Crippen molar-refractivity contribution in [2.75, 3.05) is 44.1 Å². The molecule has 1 aliphatic heterocycles. The van der Waals surface area contributed by atoms with E-state index in [1.54, 1.807) is 14.2 Å². The molecule has 3 rings (SSSR count). The fraction of sp³-hybridized carbons (Fsp3) is 0.409. The van der Waals surface area contributed by atoms with Crippen LogP contribution >= 0.6 is 12.2 Å². The van der Waals surface area contributed by atoms with Crippen LogP contribution in [0.1, 0.15) is 24.8 Å². The van der Waals surface area contributed by atoms with Crippen LogP contribution in [0.5, 0.6) is 11.5 Å². The third-order valence-corrected chi connectivity index (χ3v) is 5.24. The maximum Gasteiger partial charge on any atom is 0.170 e. The Balaban J connectivity index is 1.54. The van der Waals surface area contributed by atoms with E-state index >= 15 is 0 Å². The number of ether oxygens (including phenoxy) is 2. The van der Waals surface area contributed by atoms with E-state index in [4.69, 9.17) is 21.7 Å². The maximum atomic E-state index is 5.52. The van der Waals surface area contributed by atoms with Gasteiger partial charge < -0.3 is 25.0 Å². The summed E-state index contributed by atoms with van der Waals surface area (Å²) in [7, 11) is 3.30. The number of thiocarbonyl (C=S) groups is 1. The monoisotopic (exact) mass is 399 g/mol. The van der Waals surface area contributed by atoms with Crippen molar-refractivity contribution in [3.63, 3.8) is 0 Å². The van der Waals surface area contributed by atoms with E-state index in [1.165, 1.54) is 30.5 Å². The number of piperidine rings is 1. The molecule has 1 aliphatic rings. The van der Waals surface area contributed by atoms with Gasteiger partial charge in [0.15, 0.2) is 16.6 Å². The van der Waals surface area contributed by atoms with Crippen molar-refractivity contribution in [3.8, 4) is 11.5 Å². The van der Waals surface area contributed by atoms with E-state index in [-0.39, 0.29) is 0 Å². The van der Waals surface area contributed by atoms with Crippen LogP contribution in [-0.2, 0) is 6.42 Å². The van der Waals surface area contributed by atoms with Gasteiger partial charge in [-0.05, 0) is 67.7 Å². The molecule has 2 aromatic rings. The van der Waals surface area contributed by atoms with Crippen LogP contribution in [0.2, 0.25) is 0 Å². The molecule has 0 spiro atoms. The number of para-hydroxylation sites is 2. The molecule has 2 aromatic carbocycles. The summed E-state index contributed by atoms with van der Waals surface area (Å²) in [4.78, 5) is 2.44. The number of rotatable bonds is 7. The largest absolute Gasteiger partial charge is 0.493 e. The standard InChI is InChI=1S/C22H29N3O2S/c1-26-20-11-10-17(16-21(20)27-2)12-13-23-22(28)24-18-8-4-5-9-19(18)25-14-6-3-7-15-25/h4-5,8-11,16H,3,6-7,12-15H2,1-2H3,(H2,23,24,28). The molecule has 0 saturated carbocycles. The van der Waals surface area contributed by atoms with Gasteiger partial charge in [-0.15, -0.1) is 0 Å². The molecule has 2 N–H and O–H groups in total. The first-order valence-corrected chi connectivity index (χ1v) is 10.2. The molecule has 1 fully saturated rings. The lowest BCUT2D eigenvalue weighted by Gasteiger charge is -2.30. The third-order valence-electron chi connectivity index (χ3n) is 5.00. The van der Waals surface area contributed by atoms with Crippen molar-refractivity contribution in [2.24, 2.45) is 0 Å². The molecule has 28 heavy (non-hydrogen) atoms. The van der Waals surface area contributed by atoms with Crippen LogP contribution in [-0.4, -0.2) is 39.0 Å². The lowest BCUT2D eigenvalue weighted by atomic mass is 10.1. The summed E-state index contributed by atoms with van der Waals surface area (Å²) in [6.45, 7) is 2.96. The van der Waals surface area contributed by atoms with Crippen molar-refractivity contribution in [1.29, 1.82) is 0 Å². The number of hydrogen-bond donors (Lipinski definition) is 2. The third kappa shape index (κ3) is 5.29. The van der Waals surface area contributed by atoms with Gasteiger partial charge in [-0.25, -0.2) is 0 Å². The van der Waals surface area contributed by atoms with E-state index in [2.05, 4.69) is 33.7 Å².